The molecule has 0 aliphatic rings. The van der Waals surface area contributed by atoms with Crippen LogP contribution >= 0.6 is 11.3 Å². The lowest BCUT2D eigenvalue weighted by molar-refractivity contribution is 0.181. The van der Waals surface area contributed by atoms with Crippen molar-refractivity contribution in [2.24, 2.45) is 0 Å². The van der Waals surface area contributed by atoms with Crippen molar-refractivity contribution in [3.05, 3.63) is 53.4 Å². The molecule has 9 heteroatoms. The maximum absolute atomic E-state index is 5.16. The van der Waals surface area contributed by atoms with Crippen molar-refractivity contribution >= 4 is 22.9 Å². The van der Waals surface area contributed by atoms with Crippen LogP contribution in [0.5, 0.6) is 0 Å². The Labute approximate surface area is 147 Å². The summed E-state index contributed by atoms with van der Waals surface area (Å²) in [7, 11) is 1.63. The fraction of sp³-hybridized carbons (Fsp3) is 0.188. The summed E-state index contributed by atoms with van der Waals surface area (Å²) in [5.74, 6) is 1.31. The summed E-state index contributed by atoms with van der Waals surface area (Å²) in [4.78, 5) is 8.52. The zero-order valence-corrected chi connectivity index (χ0v) is 14.3. The Morgan fingerprint density at radius 2 is 2.08 bits per heavy atom. The van der Waals surface area contributed by atoms with Gasteiger partial charge in [-0.3, -0.25) is 0 Å². The molecule has 0 fully saturated rings. The van der Waals surface area contributed by atoms with E-state index in [0.29, 0.717) is 18.9 Å². The van der Waals surface area contributed by atoms with Gasteiger partial charge >= 0.3 is 0 Å². The average molecular weight is 353 g/mol. The van der Waals surface area contributed by atoms with Gasteiger partial charge in [-0.1, -0.05) is 41.7 Å². The molecular formula is C16H15N7OS. The number of benzene rings is 1. The Bertz CT molecular complexity index is 982. The van der Waals surface area contributed by atoms with Crippen molar-refractivity contribution in [3.8, 4) is 10.6 Å². The van der Waals surface area contributed by atoms with Gasteiger partial charge in [-0.2, -0.15) is 14.6 Å². The van der Waals surface area contributed by atoms with Crippen LogP contribution in [-0.4, -0.2) is 36.9 Å². The van der Waals surface area contributed by atoms with Crippen LogP contribution in [0.4, 0.5) is 5.82 Å². The van der Waals surface area contributed by atoms with E-state index in [1.807, 2.05) is 36.4 Å². The third-order valence-corrected chi connectivity index (χ3v) is 4.48. The quantitative estimate of drug-likeness (QED) is 0.569. The molecule has 0 spiro atoms. The van der Waals surface area contributed by atoms with Crippen LogP contribution in [0.2, 0.25) is 0 Å². The zero-order valence-electron chi connectivity index (χ0n) is 13.5. The predicted octanol–water partition coefficient (Wildman–Crippen LogP) is 2.40. The minimum Gasteiger partial charge on any atom is -0.378 e. The van der Waals surface area contributed by atoms with Gasteiger partial charge < -0.3 is 10.1 Å². The van der Waals surface area contributed by atoms with Crippen LogP contribution in [0, 0.1) is 0 Å². The minimum absolute atomic E-state index is 0.412. The minimum atomic E-state index is 0.412. The Morgan fingerprint density at radius 1 is 1.20 bits per heavy atom. The molecule has 0 aliphatic heterocycles. The topological polar surface area (TPSA) is 90.1 Å². The molecule has 8 nitrogen and oxygen atoms in total. The van der Waals surface area contributed by atoms with E-state index >= 15 is 0 Å². The number of nitrogens with one attached hydrogen (secondary N) is 1. The van der Waals surface area contributed by atoms with E-state index in [9.17, 15) is 0 Å². The van der Waals surface area contributed by atoms with Gasteiger partial charge in [0.25, 0.3) is 5.78 Å². The van der Waals surface area contributed by atoms with Crippen LogP contribution in [0.15, 0.2) is 42.7 Å². The van der Waals surface area contributed by atoms with Crippen molar-refractivity contribution < 1.29 is 4.74 Å². The normalized spacial score (nSPS) is 11.1. The number of aromatic nitrogens is 6. The predicted molar refractivity (Wildman–Crippen MR) is 94.2 cm³/mol. The Kier molecular flexibility index (Phi) is 4.32. The van der Waals surface area contributed by atoms with Gasteiger partial charge in [0, 0.05) is 18.7 Å². The second kappa shape index (κ2) is 6.91. The van der Waals surface area contributed by atoms with Crippen molar-refractivity contribution in [2.45, 2.75) is 13.2 Å². The first-order valence-corrected chi connectivity index (χ1v) is 8.45. The van der Waals surface area contributed by atoms with E-state index in [1.54, 1.807) is 23.0 Å². The van der Waals surface area contributed by atoms with Crippen molar-refractivity contribution in [1.82, 2.24) is 29.8 Å². The largest absolute Gasteiger partial charge is 0.378 e. The second-order valence-corrected chi connectivity index (χ2v) is 6.32. The lowest BCUT2D eigenvalue weighted by Gasteiger charge is -2.08. The third-order valence-electron chi connectivity index (χ3n) is 3.51. The van der Waals surface area contributed by atoms with E-state index in [2.05, 4.69) is 30.6 Å². The van der Waals surface area contributed by atoms with E-state index in [1.165, 1.54) is 6.33 Å². The number of hydrogen-bond donors (Lipinski definition) is 1. The maximum atomic E-state index is 5.16. The third kappa shape index (κ3) is 3.32. The molecule has 0 bridgehead atoms. The Balaban J connectivity index is 1.54. The molecular weight excluding hydrogens is 338 g/mol. The van der Waals surface area contributed by atoms with E-state index in [4.69, 9.17) is 4.74 Å². The molecule has 0 aliphatic carbocycles. The van der Waals surface area contributed by atoms with E-state index < -0.39 is 0 Å². The fourth-order valence-electron chi connectivity index (χ4n) is 2.40. The van der Waals surface area contributed by atoms with Crippen molar-refractivity contribution in [3.63, 3.8) is 0 Å². The lowest BCUT2D eigenvalue weighted by atomic mass is 10.2. The first-order chi connectivity index (χ1) is 12.3. The highest BCUT2D eigenvalue weighted by atomic mass is 32.1. The van der Waals surface area contributed by atoms with E-state index in [-0.39, 0.29) is 0 Å². The number of hydrogen-bond acceptors (Lipinski definition) is 8. The number of anilines is 1. The number of nitrogens with zero attached hydrogens (tertiary/aromatic N) is 6. The van der Waals surface area contributed by atoms with Gasteiger partial charge in [-0.05, 0) is 0 Å². The van der Waals surface area contributed by atoms with Crippen LogP contribution in [-0.2, 0) is 17.9 Å². The molecule has 126 valence electrons. The fourth-order valence-corrected chi connectivity index (χ4v) is 3.18. The highest BCUT2D eigenvalue weighted by Gasteiger charge is 2.10. The van der Waals surface area contributed by atoms with Gasteiger partial charge in [-0.15, -0.1) is 10.2 Å². The van der Waals surface area contributed by atoms with Crippen LogP contribution < -0.4 is 5.32 Å². The molecule has 0 saturated heterocycles. The SMILES string of the molecule is COCc1cc(NCc2nnc(-c3ccccc3)s2)n2ncnc2n1. The van der Waals surface area contributed by atoms with Crippen molar-refractivity contribution in [2.75, 3.05) is 12.4 Å². The first-order valence-electron chi connectivity index (χ1n) is 7.64. The van der Waals surface area contributed by atoms with Crippen LogP contribution in [0.3, 0.4) is 0 Å². The van der Waals surface area contributed by atoms with Gasteiger partial charge in [0.05, 0.1) is 18.8 Å². The number of methoxy groups -OCH3 is 1. The summed E-state index contributed by atoms with van der Waals surface area (Å²) in [6.45, 7) is 0.949. The molecule has 1 N–H and O–H groups in total. The summed E-state index contributed by atoms with van der Waals surface area (Å²) >= 11 is 1.56. The molecule has 0 radical (unpaired) electrons. The van der Waals surface area contributed by atoms with Gasteiger partial charge in [-0.25, -0.2) is 4.98 Å². The zero-order chi connectivity index (χ0) is 17.1. The Hall–Kier alpha value is -2.91. The molecule has 0 saturated carbocycles. The standard InChI is InChI=1S/C16H15N7OS/c1-24-9-12-7-13(23-16(20-12)18-10-19-23)17-8-14-21-22-15(25-14)11-5-3-2-4-6-11/h2-7,10,17H,8-9H2,1H3. The molecule has 1 aromatic carbocycles. The number of ether oxygens (including phenoxy) is 1. The summed E-state index contributed by atoms with van der Waals surface area (Å²) in [5, 5.41) is 17.8. The summed E-state index contributed by atoms with van der Waals surface area (Å²) in [5.41, 5.74) is 1.85. The lowest BCUT2D eigenvalue weighted by Crippen LogP contribution is -2.08. The van der Waals surface area contributed by atoms with Crippen molar-refractivity contribution in [1.29, 1.82) is 0 Å². The summed E-state index contributed by atoms with van der Waals surface area (Å²) < 4.78 is 6.81. The second-order valence-electron chi connectivity index (χ2n) is 5.26. The van der Waals surface area contributed by atoms with Crippen LogP contribution in [0.25, 0.3) is 16.3 Å². The van der Waals surface area contributed by atoms with Crippen LogP contribution in [0.1, 0.15) is 10.7 Å². The molecule has 3 heterocycles. The summed E-state index contributed by atoms with van der Waals surface area (Å²) in [6.07, 6.45) is 1.47. The number of rotatable bonds is 6. The van der Waals surface area contributed by atoms with E-state index in [0.717, 1.165) is 27.1 Å². The molecule has 0 unspecified atom stereocenters. The molecule has 4 rings (SSSR count). The van der Waals surface area contributed by atoms with Gasteiger partial charge in [0.2, 0.25) is 0 Å². The summed E-state index contributed by atoms with van der Waals surface area (Å²) in [6, 6.07) is 11.9. The highest BCUT2D eigenvalue weighted by Crippen LogP contribution is 2.23. The highest BCUT2D eigenvalue weighted by molar-refractivity contribution is 7.14. The molecule has 0 amide bonds. The Morgan fingerprint density at radius 3 is 2.92 bits per heavy atom. The smallest absolute Gasteiger partial charge is 0.254 e. The molecule has 3 aromatic heterocycles. The van der Waals surface area contributed by atoms with Gasteiger partial charge in [0.15, 0.2) is 0 Å². The van der Waals surface area contributed by atoms with Gasteiger partial charge in [0.1, 0.15) is 22.2 Å². The number of fused-ring (bicyclic) bond motifs is 1. The molecule has 25 heavy (non-hydrogen) atoms. The monoisotopic (exact) mass is 353 g/mol. The molecule has 0 atom stereocenters. The molecule has 4 aromatic rings. The first kappa shape index (κ1) is 15.6. The maximum Gasteiger partial charge on any atom is 0.254 e. The average Bonchev–Trinajstić information content (AvgIpc) is 3.30.